The fraction of sp³-hybridized carbons (Fsp3) is 0.100. The van der Waals surface area contributed by atoms with Gasteiger partial charge in [-0.2, -0.15) is 5.26 Å². The summed E-state index contributed by atoms with van der Waals surface area (Å²) in [5.74, 6) is -1.11. The van der Waals surface area contributed by atoms with E-state index in [4.69, 9.17) is 10.9 Å². The number of rotatable bonds is 5. The molecule has 0 atom stereocenters. The molecule has 0 aliphatic carbocycles. The van der Waals surface area contributed by atoms with Gasteiger partial charge >= 0.3 is 0 Å². The van der Waals surface area contributed by atoms with Crippen molar-refractivity contribution in [1.29, 1.82) is 5.26 Å². The van der Waals surface area contributed by atoms with Gasteiger partial charge in [-0.1, -0.05) is 23.4 Å². The largest absolute Gasteiger partial charge is 0.381 e. The molecule has 0 radical (unpaired) electrons. The number of sulfonamides is 1. The minimum absolute atomic E-state index is 0.0503. The van der Waals surface area contributed by atoms with Crippen molar-refractivity contribution >= 4 is 15.8 Å². The summed E-state index contributed by atoms with van der Waals surface area (Å²) in [6, 6.07) is 11.5. The van der Waals surface area contributed by atoms with Gasteiger partial charge in [0, 0.05) is 5.56 Å². The molecule has 3 heterocycles. The first-order valence-electron chi connectivity index (χ1n) is 9.39. The van der Waals surface area contributed by atoms with Crippen molar-refractivity contribution in [2.45, 2.75) is 18.5 Å². The summed E-state index contributed by atoms with van der Waals surface area (Å²) in [6.07, 6.45) is 1.42. The number of nitriles is 1. The topological polar surface area (TPSA) is 179 Å². The Balaban J connectivity index is 1.71. The average Bonchev–Trinajstić information content (AvgIpc) is 3.23. The third kappa shape index (κ3) is 4.38. The molecule has 0 amide bonds. The van der Waals surface area contributed by atoms with Gasteiger partial charge < -0.3 is 5.73 Å². The molecule has 0 saturated heterocycles. The summed E-state index contributed by atoms with van der Waals surface area (Å²) >= 11 is 0. The van der Waals surface area contributed by atoms with E-state index >= 15 is 0 Å². The summed E-state index contributed by atoms with van der Waals surface area (Å²) in [5.41, 5.74) is 7.63. The highest BCUT2D eigenvalue weighted by Gasteiger charge is 2.20. The van der Waals surface area contributed by atoms with E-state index in [1.165, 1.54) is 23.0 Å². The minimum Gasteiger partial charge on any atom is -0.381 e. The first-order chi connectivity index (χ1) is 15.7. The van der Waals surface area contributed by atoms with E-state index in [9.17, 15) is 18.1 Å². The van der Waals surface area contributed by atoms with Crippen LogP contribution in [0, 0.1) is 24.1 Å². The first-order valence-corrected chi connectivity index (χ1v) is 10.9. The normalized spacial score (nSPS) is 11.3. The molecular formula is C20H16FN9O2S. The van der Waals surface area contributed by atoms with Crippen molar-refractivity contribution in [3.63, 3.8) is 0 Å². The number of nitrogens with zero attached hydrogens (tertiary/aromatic N) is 7. The van der Waals surface area contributed by atoms with Gasteiger partial charge in [0.25, 0.3) is 10.0 Å². The molecule has 4 rings (SSSR count). The van der Waals surface area contributed by atoms with E-state index < -0.39 is 15.8 Å². The number of aromatic nitrogens is 6. The van der Waals surface area contributed by atoms with E-state index in [1.807, 2.05) is 0 Å². The lowest BCUT2D eigenvalue weighted by atomic mass is 10.0. The molecule has 13 heteroatoms. The molecule has 166 valence electrons. The van der Waals surface area contributed by atoms with Crippen LogP contribution in [-0.2, 0) is 16.6 Å². The highest BCUT2D eigenvalue weighted by Crippen LogP contribution is 2.28. The number of nitrogens with two attached hydrogens (primary N) is 2. The standard InChI is InChI=1S/C20H16FN9O2S/c1-11-12(8-22)4-2-6-14(11)20-26-18(17(21)19(23)27-20)15-10-30(29-28-15)9-13-5-3-7-16(25-13)33(24,31)32/h2-7,10H,9H2,1H3,(H2,23,26,27)(H2,24,31,32). The number of hydrogen-bond donors (Lipinski definition) is 2. The third-order valence-corrected chi connectivity index (χ3v) is 5.56. The second kappa shape index (κ2) is 8.34. The number of anilines is 1. The Labute approximate surface area is 187 Å². The van der Waals surface area contributed by atoms with Crippen molar-refractivity contribution in [3.8, 4) is 28.8 Å². The third-order valence-electron chi connectivity index (χ3n) is 4.75. The summed E-state index contributed by atoms with van der Waals surface area (Å²) in [5, 5.41) is 22.0. The van der Waals surface area contributed by atoms with E-state index in [0.29, 0.717) is 22.4 Å². The Bertz CT molecular complexity index is 1530. The summed E-state index contributed by atoms with van der Waals surface area (Å²) in [4.78, 5) is 12.3. The number of primary sulfonamides is 1. The highest BCUT2D eigenvalue weighted by atomic mass is 32.2. The first kappa shape index (κ1) is 21.9. The summed E-state index contributed by atoms with van der Waals surface area (Å²) in [6.45, 7) is 1.78. The quantitative estimate of drug-likeness (QED) is 0.440. The van der Waals surface area contributed by atoms with Gasteiger partial charge in [-0.3, -0.25) is 0 Å². The molecule has 0 spiro atoms. The number of halogens is 1. The number of pyridine rings is 1. The fourth-order valence-electron chi connectivity index (χ4n) is 3.11. The van der Waals surface area contributed by atoms with Crippen LogP contribution in [0.3, 0.4) is 0 Å². The molecule has 0 saturated carbocycles. The SMILES string of the molecule is Cc1c(C#N)cccc1-c1nc(N)c(F)c(-c2cn(Cc3cccc(S(N)(=O)=O)n3)nn2)n1. The zero-order chi connectivity index (χ0) is 23.8. The number of nitrogen functional groups attached to an aromatic ring is 1. The molecule has 33 heavy (non-hydrogen) atoms. The van der Waals surface area contributed by atoms with Crippen LogP contribution >= 0.6 is 0 Å². The zero-order valence-corrected chi connectivity index (χ0v) is 18.0. The van der Waals surface area contributed by atoms with E-state index in [0.717, 1.165) is 0 Å². The second-order valence-electron chi connectivity index (χ2n) is 7.00. The minimum atomic E-state index is -3.96. The van der Waals surface area contributed by atoms with Crippen molar-refractivity contribution in [2.24, 2.45) is 5.14 Å². The fourth-order valence-corrected chi connectivity index (χ4v) is 3.62. The lowest BCUT2D eigenvalue weighted by Crippen LogP contribution is -2.15. The maximum atomic E-state index is 14.8. The average molecular weight is 465 g/mol. The van der Waals surface area contributed by atoms with Crippen molar-refractivity contribution in [1.82, 2.24) is 29.9 Å². The van der Waals surface area contributed by atoms with Crippen LogP contribution in [0.25, 0.3) is 22.8 Å². The van der Waals surface area contributed by atoms with Crippen molar-refractivity contribution in [3.05, 3.63) is 65.2 Å². The van der Waals surface area contributed by atoms with Crippen LogP contribution in [0.2, 0.25) is 0 Å². The highest BCUT2D eigenvalue weighted by molar-refractivity contribution is 7.89. The van der Waals surface area contributed by atoms with Gasteiger partial charge in [-0.15, -0.1) is 5.10 Å². The molecule has 1 aromatic carbocycles. The molecule has 4 aromatic rings. The maximum Gasteiger partial charge on any atom is 0.255 e. The Kier molecular flexibility index (Phi) is 5.54. The van der Waals surface area contributed by atoms with Gasteiger partial charge in [-0.05, 0) is 30.7 Å². The Morgan fingerprint density at radius 1 is 1.15 bits per heavy atom. The van der Waals surface area contributed by atoms with E-state index in [2.05, 4.69) is 31.3 Å². The van der Waals surface area contributed by atoms with E-state index in [1.54, 1.807) is 31.2 Å². The molecule has 4 N–H and O–H groups in total. The maximum absolute atomic E-state index is 14.8. The molecule has 0 unspecified atom stereocenters. The molecule has 11 nitrogen and oxygen atoms in total. The van der Waals surface area contributed by atoms with Crippen LogP contribution in [0.1, 0.15) is 16.8 Å². The molecule has 0 bridgehead atoms. The van der Waals surface area contributed by atoms with Gasteiger partial charge in [0.2, 0.25) is 0 Å². The lowest BCUT2D eigenvalue weighted by molar-refractivity contribution is 0.590. The monoisotopic (exact) mass is 465 g/mol. The van der Waals surface area contributed by atoms with Gasteiger partial charge in [-0.25, -0.2) is 37.6 Å². The molecule has 0 aliphatic rings. The lowest BCUT2D eigenvalue weighted by Gasteiger charge is -2.09. The Hall–Kier alpha value is -4.28. The van der Waals surface area contributed by atoms with Gasteiger partial charge in [0.1, 0.15) is 11.4 Å². The smallest absolute Gasteiger partial charge is 0.255 e. The van der Waals surface area contributed by atoms with E-state index in [-0.39, 0.29) is 34.6 Å². The number of benzene rings is 1. The molecular weight excluding hydrogens is 449 g/mol. The predicted octanol–water partition coefficient (Wildman–Crippen LogP) is 1.39. The Morgan fingerprint density at radius 3 is 2.64 bits per heavy atom. The van der Waals surface area contributed by atoms with Crippen LogP contribution in [-0.4, -0.2) is 38.4 Å². The van der Waals surface area contributed by atoms with Crippen LogP contribution in [0.4, 0.5) is 10.2 Å². The summed E-state index contributed by atoms with van der Waals surface area (Å²) in [7, 11) is -3.96. The number of hydrogen-bond acceptors (Lipinski definition) is 9. The van der Waals surface area contributed by atoms with Crippen LogP contribution in [0.5, 0.6) is 0 Å². The molecule has 3 aromatic heterocycles. The van der Waals surface area contributed by atoms with Crippen molar-refractivity contribution < 1.29 is 12.8 Å². The zero-order valence-electron chi connectivity index (χ0n) is 17.1. The van der Waals surface area contributed by atoms with Gasteiger partial charge in [0.05, 0.1) is 30.1 Å². The Morgan fingerprint density at radius 2 is 1.91 bits per heavy atom. The second-order valence-corrected chi connectivity index (χ2v) is 8.51. The van der Waals surface area contributed by atoms with Gasteiger partial charge in [0.15, 0.2) is 22.5 Å². The summed E-state index contributed by atoms with van der Waals surface area (Å²) < 4.78 is 39.1. The van der Waals surface area contributed by atoms with Crippen LogP contribution in [0.15, 0.2) is 47.6 Å². The predicted molar refractivity (Wildman–Crippen MR) is 115 cm³/mol. The van der Waals surface area contributed by atoms with Crippen LogP contribution < -0.4 is 10.9 Å². The molecule has 0 aliphatic heterocycles. The van der Waals surface area contributed by atoms with Crippen molar-refractivity contribution in [2.75, 3.05) is 5.73 Å². The molecule has 0 fully saturated rings.